The SMILES string of the molecule is COc1ccc(OC)c(C[AsH2])c1. The molecule has 2 nitrogen and oxygen atoms in total. The zero-order valence-corrected chi connectivity index (χ0v) is 9.76. The van der Waals surface area contributed by atoms with Crippen molar-refractivity contribution in [2.75, 3.05) is 14.2 Å². The van der Waals surface area contributed by atoms with E-state index < -0.39 is 0 Å². The normalized spacial score (nSPS) is 9.58. The third-order valence-corrected chi connectivity index (χ3v) is 2.63. The molecule has 1 aromatic rings. The van der Waals surface area contributed by atoms with Crippen LogP contribution in [0.5, 0.6) is 11.5 Å². The third kappa shape index (κ3) is 1.95. The summed E-state index contributed by atoms with van der Waals surface area (Å²) in [5, 5.41) is 1.02. The molecule has 1 aromatic carbocycles. The molecule has 0 aliphatic rings. The standard InChI is InChI=1S/C9H13AsO2/c1-11-8-3-4-9(12-2)7(5-8)6-10/h3-5H,6,10H2,1-2H3. The molecule has 1 unspecified atom stereocenters. The van der Waals surface area contributed by atoms with Crippen molar-refractivity contribution in [2.24, 2.45) is 0 Å². The second kappa shape index (κ2) is 4.42. The first-order valence-corrected chi connectivity index (χ1v) is 5.44. The van der Waals surface area contributed by atoms with E-state index in [1.807, 2.05) is 18.2 Å². The van der Waals surface area contributed by atoms with Crippen LogP contribution in [0, 0.1) is 0 Å². The number of hydrogen-bond donors (Lipinski definition) is 0. The third-order valence-electron chi connectivity index (χ3n) is 1.71. The number of ether oxygens (including phenoxy) is 2. The van der Waals surface area contributed by atoms with Crippen molar-refractivity contribution in [3.63, 3.8) is 0 Å². The number of hydrogen-bond acceptors (Lipinski definition) is 2. The van der Waals surface area contributed by atoms with E-state index in [0.717, 1.165) is 16.7 Å². The molecule has 0 spiro atoms. The predicted molar refractivity (Wildman–Crippen MR) is 51.8 cm³/mol. The van der Waals surface area contributed by atoms with E-state index in [1.165, 1.54) is 5.56 Å². The molecule has 1 rings (SSSR count). The Morgan fingerprint density at radius 2 is 2.00 bits per heavy atom. The molecule has 0 heterocycles. The Morgan fingerprint density at radius 1 is 1.25 bits per heavy atom. The van der Waals surface area contributed by atoms with Crippen molar-refractivity contribution in [3.8, 4) is 11.5 Å². The molecule has 66 valence electrons. The molecule has 0 bridgehead atoms. The second-order valence-electron chi connectivity index (χ2n) is 2.38. The van der Waals surface area contributed by atoms with Crippen LogP contribution in [0.4, 0.5) is 0 Å². The first-order valence-electron chi connectivity index (χ1n) is 3.72. The quantitative estimate of drug-likeness (QED) is 0.713. The van der Waals surface area contributed by atoms with Gasteiger partial charge in [-0.3, -0.25) is 0 Å². The van der Waals surface area contributed by atoms with Gasteiger partial charge in [-0.1, -0.05) is 0 Å². The van der Waals surface area contributed by atoms with E-state index in [1.54, 1.807) is 31.1 Å². The predicted octanol–water partition coefficient (Wildman–Crippen LogP) is 0.837. The maximum atomic E-state index is 5.19. The number of methoxy groups -OCH3 is 2. The van der Waals surface area contributed by atoms with E-state index in [9.17, 15) is 0 Å². The summed E-state index contributed by atoms with van der Waals surface area (Å²) >= 11 is 1.67. The van der Waals surface area contributed by atoms with Crippen LogP contribution in [0.2, 0.25) is 0 Å². The summed E-state index contributed by atoms with van der Waals surface area (Å²) in [7, 11) is 3.36. The van der Waals surface area contributed by atoms with Crippen LogP contribution >= 0.6 is 0 Å². The molecule has 0 aliphatic carbocycles. The van der Waals surface area contributed by atoms with Gasteiger partial charge in [0, 0.05) is 0 Å². The fourth-order valence-electron chi connectivity index (χ4n) is 1.04. The number of rotatable bonds is 3. The molecular weight excluding hydrogens is 215 g/mol. The Balaban J connectivity index is 3.02. The zero-order chi connectivity index (χ0) is 8.97. The minimum absolute atomic E-state index is 0.892. The Labute approximate surface area is 81.4 Å². The number of benzene rings is 1. The molecular formula is C9H13AsO2. The Morgan fingerprint density at radius 3 is 2.50 bits per heavy atom. The Bertz CT molecular complexity index is 261. The summed E-state index contributed by atoms with van der Waals surface area (Å²) in [5.74, 6) is 1.84. The van der Waals surface area contributed by atoms with Crippen LogP contribution in [0.15, 0.2) is 18.2 Å². The van der Waals surface area contributed by atoms with Crippen LogP contribution in [0.25, 0.3) is 0 Å². The van der Waals surface area contributed by atoms with Gasteiger partial charge < -0.3 is 0 Å². The summed E-state index contributed by atoms with van der Waals surface area (Å²) in [6.07, 6.45) is 0. The van der Waals surface area contributed by atoms with E-state index in [4.69, 9.17) is 9.47 Å². The van der Waals surface area contributed by atoms with Crippen molar-refractivity contribution in [3.05, 3.63) is 23.8 Å². The van der Waals surface area contributed by atoms with E-state index >= 15 is 0 Å². The van der Waals surface area contributed by atoms with Gasteiger partial charge in [0.1, 0.15) is 0 Å². The van der Waals surface area contributed by atoms with Gasteiger partial charge in [-0.2, -0.15) is 0 Å². The Kier molecular flexibility index (Phi) is 3.48. The van der Waals surface area contributed by atoms with Gasteiger partial charge in [0.15, 0.2) is 0 Å². The van der Waals surface area contributed by atoms with Gasteiger partial charge in [-0.05, 0) is 0 Å². The minimum atomic E-state index is 0.892. The molecule has 0 fully saturated rings. The molecule has 0 radical (unpaired) electrons. The van der Waals surface area contributed by atoms with Crippen molar-refractivity contribution >= 4 is 16.9 Å². The molecule has 0 saturated heterocycles. The van der Waals surface area contributed by atoms with Crippen molar-refractivity contribution in [1.29, 1.82) is 0 Å². The van der Waals surface area contributed by atoms with Gasteiger partial charge in [0.05, 0.1) is 0 Å². The Hall–Kier alpha value is -0.622. The molecule has 0 aliphatic heterocycles. The molecule has 0 aromatic heterocycles. The van der Waals surface area contributed by atoms with Crippen molar-refractivity contribution in [2.45, 2.75) is 5.21 Å². The van der Waals surface area contributed by atoms with Gasteiger partial charge in [-0.15, -0.1) is 0 Å². The second-order valence-corrected chi connectivity index (χ2v) is 3.24. The van der Waals surface area contributed by atoms with Gasteiger partial charge in [0.25, 0.3) is 0 Å². The van der Waals surface area contributed by atoms with Crippen molar-refractivity contribution in [1.82, 2.24) is 0 Å². The van der Waals surface area contributed by atoms with Crippen molar-refractivity contribution < 1.29 is 9.47 Å². The van der Waals surface area contributed by atoms with Gasteiger partial charge in [0.2, 0.25) is 0 Å². The van der Waals surface area contributed by atoms with Crippen LogP contribution in [0.3, 0.4) is 0 Å². The summed E-state index contributed by atoms with van der Waals surface area (Å²) in [6, 6.07) is 5.86. The van der Waals surface area contributed by atoms with Crippen LogP contribution in [0.1, 0.15) is 5.56 Å². The molecule has 0 saturated carbocycles. The van der Waals surface area contributed by atoms with Crippen LogP contribution in [-0.4, -0.2) is 31.1 Å². The summed E-state index contributed by atoms with van der Waals surface area (Å²) in [4.78, 5) is 0. The fourth-order valence-corrected chi connectivity index (χ4v) is 1.71. The molecule has 0 amide bonds. The van der Waals surface area contributed by atoms with E-state index in [0.29, 0.717) is 0 Å². The van der Waals surface area contributed by atoms with E-state index in [2.05, 4.69) is 0 Å². The summed E-state index contributed by atoms with van der Waals surface area (Å²) in [6.45, 7) is 0. The molecule has 12 heavy (non-hydrogen) atoms. The molecule has 1 atom stereocenters. The van der Waals surface area contributed by atoms with Gasteiger partial charge >= 0.3 is 81.0 Å². The fraction of sp³-hybridized carbons (Fsp3) is 0.333. The maximum absolute atomic E-state index is 5.19. The average molecular weight is 228 g/mol. The summed E-state index contributed by atoms with van der Waals surface area (Å²) < 4.78 is 10.3. The van der Waals surface area contributed by atoms with E-state index in [-0.39, 0.29) is 0 Å². The molecule has 3 heteroatoms. The first-order chi connectivity index (χ1) is 5.81. The average Bonchev–Trinajstić information content (AvgIpc) is 2.16. The van der Waals surface area contributed by atoms with Crippen LogP contribution in [-0.2, 0) is 5.21 Å². The van der Waals surface area contributed by atoms with Gasteiger partial charge in [-0.25, -0.2) is 0 Å². The summed E-state index contributed by atoms with van der Waals surface area (Å²) in [5.41, 5.74) is 1.21. The van der Waals surface area contributed by atoms with Crippen LogP contribution < -0.4 is 9.47 Å². The molecule has 0 N–H and O–H groups in total. The first kappa shape index (κ1) is 9.47. The topological polar surface area (TPSA) is 18.5 Å². The zero-order valence-electron chi connectivity index (χ0n) is 7.33. The monoisotopic (exact) mass is 228 g/mol.